The molecule has 0 unspecified atom stereocenters. The Hall–Kier alpha value is -3.19. The number of anilines is 1. The monoisotopic (exact) mass is 412 g/mol. The van der Waals surface area contributed by atoms with Crippen LogP contribution in [-0.2, 0) is 14.3 Å². The zero-order chi connectivity index (χ0) is 21.5. The van der Waals surface area contributed by atoms with Crippen molar-refractivity contribution in [2.45, 2.75) is 19.8 Å². The summed E-state index contributed by atoms with van der Waals surface area (Å²) in [6.45, 7) is 3.27. The average Bonchev–Trinajstić information content (AvgIpc) is 2.97. The standard InChI is InChI=1S/C23H25FN2O4/c1-3-13-30-19-7-4-6-18(15-19)25-21-20(16-8-10-17(24)11-9-16)22(27)26(23(21)28)12-5-14-29-2/h4,6-11,15,25H,3,5,12-14H2,1-2H3. The fourth-order valence-electron chi connectivity index (χ4n) is 3.17. The molecule has 1 N–H and O–H groups in total. The summed E-state index contributed by atoms with van der Waals surface area (Å²) >= 11 is 0. The molecular formula is C23H25FN2O4. The number of imide groups is 1. The first-order chi connectivity index (χ1) is 14.5. The molecule has 3 rings (SSSR count). The summed E-state index contributed by atoms with van der Waals surface area (Å²) in [4.78, 5) is 27.3. The normalized spacial score (nSPS) is 13.9. The van der Waals surface area contributed by atoms with E-state index in [2.05, 4.69) is 5.32 Å². The number of benzene rings is 2. The maximum Gasteiger partial charge on any atom is 0.278 e. The summed E-state index contributed by atoms with van der Waals surface area (Å²) in [5.41, 5.74) is 1.48. The second-order valence-electron chi connectivity index (χ2n) is 6.87. The third-order valence-corrected chi connectivity index (χ3v) is 4.61. The SMILES string of the molecule is CCCOc1cccc(NC2=C(c3ccc(F)cc3)C(=O)N(CCCOC)C2=O)c1. The summed E-state index contributed by atoms with van der Waals surface area (Å²) in [7, 11) is 1.57. The highest BCUT2D eigenvalue weighted by atomic mass is 19.1. The minimum atomic E-state index is -0.421. The minimum Gasteiger partial charge on any atom is -0.494 e. The summed E-state index contributed by atoms with van der Waals surface area (Å²) in [6, 6.07) is 12.7. The van der Waals surface area contributed by atoms with E-state index in [1.54, 1.807) is 19.2 Å². The lowest BCUT2D eigenvalue weighted by Crippen LogP contribution is -2.33. The van der Waals surface area contributed by atoms with E-state index in [0.29, 0.717) is 36.6 Å². The Labute approximate surface area is 175 Å². The van der Waals surface area contributed by atoms with Gasteiger partial charge in [0.2, 0.25) is 0 Å². The first-order valence-corrected chi connectivity index (χ1v) is 9.90. The number of rotatable bonds is 10. The highest BCUT2D eigenvalue weighted by Crippen LogP contribution is 2.31. The van der Waals surface area contributed by atoms with Gasteiger partial charge in [0.05, 0.1) is 12.2 Å². The van der Waals surface area contributed by atoms with Gasteiger partial charge in [-0.2, -0.15) is 0 Å². The first-order valence-electron chi connectivity index (χ1n) is 9.90. The quantitative estimate of drug-likeness (QED) is 0.474. The van der Waals surface area contributed by atoms with Crippen molar-refractivity contribution in [2.75, 3.05) is 32.2 Å². The molecule has 0 saturated heterocycles. The van der Waals surface area contributed by atoms with E-state index in [1.807, 2.05) is 19.1 Å². The van der Waals surface area contributed by atoms with E-state index in [1.165, 1.54) is 29.2 Å². The van der Waals surface area contributed by atoms with Gasteiger partial charge in [0.1, 0.15) is 17.3 Å². The fraction of sp³-hybridized carbons (Fsp3) is 0.304. The summed E-state index contributed by atoms with van der Waals surface area (Å²) in [5, 5.41) is 3.08. The molecule has 1 heterocycles. The second-order valence-corrected chi connectivity index (χ2v) is 6.87. The number of ether oxygens (including phenoxy) is 2. The predicted molar refractivity (Wildman–Crippen MR) is 112 cm³/mol. The van der Waals surface area contributed by atoms with Crippen LogP contribution in [0.2, 0.25) is 0 Å². The van der Waals surface area contributed by atoms with Gasteiger partial charge in [0, 0.05) is 32.0 Å². The zero-order valence-electron chi connectivity index (χ0n) is 17.1. The van der Waals surface area contributed by atoms with Gasteiger partial charge in [-0.1, -0.05) is 25.1 Å². The molecule has 2 amide bonds. The van der Waals surface area contributed by atoms with E-state index in [0.717, 1.165) is 6.42 Å². The van der Waals surface area contributed by atoms with E-state index in [4.69, 9.17) is 9.47 Å². The zero-order valence-corrected chi connectivity index (χ0v) is 17.1. The smallest absolute Gasteiger partial charge is 0.278 e. The van der Waals surface area contributed by atoms with Crippen molar-refractivity contribution >= 4 is 23.1 Å². The number of carbonyl (C=O) groups is 2. The first kappa shape index (κ1) is 21.5. The number of halogens is 1. The maximum atomic E-state index is 13.4. The Morgan fingerprint density at radius 3 is 2.50 bits per heavy atom. The van der Waals surface area contributed by atoms with Gasteiger partial charge < -0.3 is 14.8 Å². The molecule has 1 aliphatic heterocycles. The van der Waals surface area contributed by atoms with Crippen molar-refractivity contribution in [3.63, 3.8) is 0 Å². The van der Waals surface area contributed by atoms with Crippen LogP contribution in [0.25, 0.3) is 5.57 Å². The minimum absolute atomic E-state index is 0.164. The molecule has 0 spiro atoms. The summed E-state index contributed by atoms with van der Waals surface area (Å²) in [6.07, 6.45) is 1.40. The van der Waals surface area contributed by atoms with Crippen LogP contribution in [0.5, 0.6) is 5.75 Å². The van der Waals surface area contributed by atoms with E-state index in [-0.39, 0.29) is 17.8 Å². The second kappa shape index (κ2) is 10.0. The molecular weight excluding hydrogens is 387 g/mol. The lowest BCUT2D eigenvalue weighted by Gasteiger charge is -2.15. The Balaban J connectivity index is 1.94. The van der Waals surface area contributed by atoms with Crippen molar-refractivity contribution in [1.82, 2.24) is 4.90 Å². The third kappa shape index (κ3) is 4.86. The number of methoxy groups -OCH3 is 1. The molecule has 2 aromatic rings. The number of nitrogens with zero attached hydrogens (tertiary/aromatic N) is 1. The van der Waals surface area contributed by atoms with Gasteiger partial charge in [-0.25, -0.2) is 4.39 Å². The summed E-state index contributed by atoms with van der Waals surface area (Å²) < 4.78 is 24.1. The predicted octanol–water partition coefficient (Wildman–Crippen LogP) is 3.84. The van der Waals surface area contributed by atoms with Crippen molar-refractivity contribution < 1.29 is 23.5 Å². The van der Waals surface area contributed by atoms with Gasteiger partial charge in [0.25, 0.3) is 11.8 Å². The molecule has 0 fully saturated rings. The van der Waals surface area contributed by atoms with Crippen LogP contribution < -0.4 is 10.1 Å². The topological polar surface area (TPSA) is 67.9 Å². The molecule has 0 saturated carbocycles. The van der Waals surface area contributed by atoms with Gasteiger partial charge in [-0.3, -0.25) is 14.5 Å². The van der Waals surface area contributed by atoms with E-state index >= 15 is 0 Å². The van der Waals surface area contributed by atoms with Gasteiger partial charge in [-0.15, -0.1) is 0 Å². The lowest BCUT2D eigenvalue weighted by molar-refractivity contribution is -0.136. The highest BCUT2D eigenvalue weighted by Gasteiger charge is 2.38. The van der Waals surface area contributed by atoms with Crippen LogP contribution in [0.1, 0.15) is 25.3 Å². The molecule has 7 heteroatoms. The lowest BCUT2D eigenvalue weighted by atomic mass is 10.0. The van der Waals surface area contributed by atoms with Crippen LogP contribution in [0.15, 0.2) is 54.2 Å². The number of nitrogens with one attached hydrogen (secondary N) is 1. The molecule has 0 radical (unpaired) electrons. The number of amides is 2. The highest BCUT2D eigenvalue weighted by molar-refractivity contribution is 6.36. The van der Waals surface area contributed by atoms with Crippen molar-refractivity contribution in [3.05, 3.63) is 65.6 Å². The molecule has 0 aromatic heterocycles. The van der Waals surface area contributed by atoms with Crippen LogP contribution in [-0.4, -0.2) is 43.6 Å². The molecule has 30 heavy (non-hydrogen) atoms. The summed E-state index contributed by atoms with van der Waals surface area (Å²) in [5.74, 6) is -0.582. The molecule has 0 bridgehead atoms. The van der Waals surface area contributed by atoms with Crippen LogP contribution in [0, 0.1) is 5.82 Å². The van der Waals surface area contributed by atoms with Crippen LogP contribution >= 0.6 is 0 Å². The van der Waals surface area contributed by atoms with Crippen LogP contribution in [0.3, 0.4) is 0 Å². The largest absolute Gasteiger partial charge is 0.494 e. The van der Waals surface area contributed by atoms with Gasteiger partial charge in [-0.05, 0) is 42.7 Å². The Kier molecular flexibility index (Phi) is 7.19. The third-order valence-electron chi connectivity index (χ3n) is 4.61. The Bertz CT molecular complexity index is 940. The van der Waals surface area contributed by atoms with Gasteiger partial charge in [0.15, 0.2) is 0 Å². The number of carbonyl (C=O) groups excluding carboxylic acids is 2. The van der Waals surface area contributed by atoms with Crippen molar-refractivity contribution in [1.29, 1.82) is 0 Å². The maximum absolute atomic E-state index is 13.4. The Morgan fingerprint density at radius 2 is 1.80 bits per heavy atom. The molecule has 0 atom stereocenters. The molecule has 158 valence electrons. The molecule has 1 aliphatic rings. The van der Waals surface area contributed by atoms with Crippen molar-refractivity contribution in [3.8, 4) is 5.75 Å². The number of hydrogen-bond acceptors (Lipinski definition) is 5. The van der Waals surface area contributed by atoms with Crippen LogP contribution in [0.4, 0.5) is 10.1 Å². The molecule has 0 aliphatic carbocycles. The number of hydrogen-bond donors (Lipinski definition) is 1. The fourth-order valence-corrected chi connectivity index (χ4v) is 3.17. The Morgan fingerprint density at radius 1 is 1.03 bits per heavy atom. The van der Waals surface area contributed by atoms with Crippen molar-refractivity contribution in [2.24, 2.45) is 0 Å². The molecule has 6 nitrogen and oxygen atoms in total. The molecule has 2 aromatic carbocycles. The van der Waals surface area contributed by atoms with E-state index in [9.17, 15) is 14.0 Å². The van der Waals surface area contributed by atoms with E-state index < -0.39 is 17.6 Å². The van der Waals surface area contributed by atoms with Gasteiger partial charge >= 0.3 is 0 Å². The average molecular weight is 412 g/mol.